The van der Waals surface area contributed by atoms with E-state index in [0.29, 0.717) is 5.02 Å². The van der Waals surface area contributed by atoms with Gasteiger partial charge in [-0.2, -0.15) is 4.31 Å². The molecule has 0 atom stereocenters. The second-order valence-electron chi connectivity index (χ2n) is 4.62. The van der Waals surface area contributed by atoms with Crippen LogP contribution < -0.4 is 0 Å². The highest BCUT2D eigenvalue weighted by Crippen LogP contribution is 2.34. The van der Waals surface area contributed by atoms with Gasteiger partial charge in [0, 0.05) is 17.1 Å². The Hall–Kier alpha value is -0.580. The number of sulfonamides is 1. The van der Waals surface area contributed by atoms with Gasteiger partial charge in [0.1, 0.15) is 0 Å². The maximum Gasteiger partial charge on any atom is 0.243 e. The van der Waals surface area contributed by atoms with Crippen molar-refractivity contribution in [3.8, 4) is 0 Å². The SMILES string of the molecule is CC(C)N(C1CC1)S(=O)(=O)c1cccc(Cl)c1. The number of halogens is 1. The highest BCUT2D eigenvalue weighted by Gasteiger charge is 2.39. The van der Waals surface area contributed by atoms with Crippen LogP contribution in [0.4, 0.5) is 0 Å². The molecule has 5 heteroatoms. The molecule has 0 N–H and O–H groups in total. The van der Waals surface area contributed by atoms with Crippen molar-refractivity contribution in [1.29, 1.82) is 0 Å². The molecule has 1 aliphatic carbocycles. The molecule has 3 nitrogen and oxygen atoms in total. The third-order valence-corrected chi connectivity index (χ3v) is 5.15. The first kappa shape index (κ1) is 12.9. The Bertz CT molecular complexity index is 507. The van der Waals surface area contributed by atoms with Crippen molar-refractivity contribution in [2.75, 3.05) is 0 Å². The van der Waals surface area contributed by atoms with Gasteiger partial charge in [-0.05, 0) is 44.9 Å². The predicted molar refractivity (Wildman–Crippen MR) is 68.6 cm³/mol. The maximum atomic E-state index is 12.5. The van der Waals surface area contributed by atoms with Crippen molar-refractivity contribution in [1.82, 2.24) is 4.31 Å². The van der Waals surface area contributed by atoms with Gasteiger partial charge in [-0.15, -0.1) is 0 Å². The van der Waals surface area contributed by atoms with Gasteiger partial charge in [-0.25, -0.2) is 8.42 Å². The molecule has 1 fully saturated rings. The molecule has 1 aliphatic rings. The molecule has 0 amide bonds. The van der Waals surface area contributed by atoms with E-state index < -0.39 is 10.0 Å². The summed E-state index contributed by atoms with van der Waals surface area (Å²) in [6.07, 6.45) is 1.91. The van der Waals surface area contributed by atoms with Gasteiger partial charge in [0.25, 0.3) is 0 Å². The molecular formula is C12H16ClNO2S. The standard InChI is InChI=1S/C12H16ClNO2S/c1-9(2)14(11-6-7-11)17(15,16)12-5-3-4-10(13)8-12/h3-5,8-9,11H,6-7H2,1-2H3. The summed E-state index contributed by atoms with van der Waals surface area (Å²) in [6.45, 7) is 3.81. The van der Waals surface area contributed by atoms with Crippen LogP contribution in [-0.2, 0) is 10.0 Å². The summed E-state index contributed by atoms with van der Waals surface area (Å²) >= 11 is 5.85. The van der Waals surface area contributed by atoms with Crippen LogP contribution in [-0.4, -0.2) is 24.8 Å². The summed E-state index contributed by atoms with van der Waals surface area (Å²) in [6, 6.07) is 6.59. The van der Waals surface area contributed by atoms with E-state index in [1.807, 2.05) is 13.8 Å². The second-order valence-corrected chi connectivity index (χ2v) is 6.90. The number of hydrogen-bond acceptors (Lipinski definition) is 2. The minimum atomic E-state index is -3.41. The Kier molecular flexibility index (Phi) is 3.48. The molecule has 0 unspecified atom stereocenters. The fourth-order valence-electron chi connectivity index (χ4n) is 1.97. The smallest absolute Gasteiger partial charge is 0.207 e. The van der Waals surface area contributed by atoms with Crippen LogP contribution in [0.5, 0.6) is 0 Å². The summed E-state index contributed by atoms with van der Waals surface area (Å²) in [5, 5.41) is 0.450. The molecule has 0 radical (unpaired) electrons. The first-order valence-electron chi connectivity index (χ1n) is 5.72. The first-order chi connectivity index (χ1) is 7.93. The van der Waals surface area contributed by atoms with Gasteiger partial charge < -0.3 is 0 Å². The van der Waals surface area contributed by atoms with Crippen LogP contribution in [0.25, 0.3) is 0 Å². The van der Waals surface area contributed by atoms with E-state index in [4.69, 9.17) is 11.6 Å². The normalized spacial score (nSPS) is 16.8. The lowest BCUT2D eigenvalue weighted by atomic mass is 10.4. The van der Waals surface area contributed by atoms with Crippen LogP contribution in [0.15, 0.2) is 29.2 Å². The summed E-state index contributed by atoms with van der Waals surface area (Å²) < 4.78 is 26.5. The number of rotatable bonds is 4. The van der Waals surface area contributed by atoms with Crippen molar-refractivity contribution in [2.24, 2.45) is 0 Å². The molecule has 0 heterocycles. The van der Waals surface area contributed by atoms with Crippen molar-refractivity contribution in [2.45, 2.75) is 43.7 Å². The van der Waals surface area contributed by atoms with Gasteiger partial charge in [-0.3, -0.25) is 0 Å². The zero-order valence-corrected chi connectivity index (χ0v) is 11.5. The zero-order chi connectivity index (χ0) is 12.6. The van der Waals surface area contributed by atoms with Crippen molar-refractivity contribution >= 4 is 21.6 Å². The van der Waals surface area contributed by atoms with Crippen LogP contribution in [0.3, 0.4) is 0 Å². The van der Waals surface area contributed by atoms with E-state index in [9.17, 15) is 8.42 Å². The molecule has 0 spiro atoms. The Labute approximate surface area is 107 Å². The van der Waals surface area contributed by atoms with Gasteiger partial charge >= 0.3 is 0 Å². The Morgan fingerprint density at radius 2 is 2.00 bits per heavy atom. The van der Waals surface area contributed by atoms with Gasteiger partial charge in [0.2, 0.25) is 10.0 Å². The fourth-order valence-corrected chi connectivity index (χ4v) is 4.16. The molecule has 0 bridgehead atoms. The van der Waals surface area contributed by atoms with Crippen LogP contribution >= 0.6 is 11.6 Å². The van der Waals surface area contributed by atoms with Crippen molar-refractivity contribution in [3.63, 3.8) is 0 Å². The van der Waals surface area contributed by atoms with Crippen molar-refractivity contribution in [3.05, 3.63) is 29.3 Å². The summed E-state index contributed by atoms with van der Waals surface area (Å²) in [5.41, 5.74) is 0. The zero-order valence-electron chi connectivity index (χ0n) is 9.93. The average molecular weight is 274 g/mol. The predicted octanol–water partition coefficient (Wildman–Crippen LogP) is 2.90. The maximum absolute atomic E-state index is 12.5. The average Bonchev–Trinajstić information content (AvgIpc) is 3.01. The van der Waals surface area contributed by atoms with Crippen LogP contribution in [0.1, 0.15) is 26.7 Å². The van der Waals surface area contributed by atoms with Crippen LogP contribution in [0.2, 0.25) is 5.02 Å². The van der Waals surface area contributed by atoms with E-state index in [2.05, 4.69) is 0 Å². The Morgan fingerprint density at radius 3 is 2.47 bits per heavy atom. The molecule has 0 aliphatic heterocycles. The topological polar surface area (TPSA) is 37.4 Å². The molecule has 1 aromatic carbocycles. The third kappa shape index (κ3) is 2.64. The van der Waals surface area contributed by atoms with E-state index in [0.717, 1.165) is 12.8 Å². The summed E-state index contributed by atoms with van der Waals surface area (Å²) in [5.74, 6) is 0. The first-order valence-corrected chi connectivity index (χ1v) is 7.54. The van der Waals surface area contributed by atoms with E-state index in [1.165, 1.54) is 6.07 Å². The quantitative estimate of drug-likeness (QED) is 0.846. The van der Waals surface area contributed by atoms with E-state index in [1.54, 1.807) is 22.5 Å². The van der Waals surface area contributed by atoms with E-state index >= 15 is 0 Å². The minimum absolute atomic E-state index is 0.0218. The van der Waals surface area contributed by atoms with Gasteiger partial charge in [0.05, 0.1) is 4.90 Å². The molecule has 94 valence electrons. The highest BCUT2D eigenvalue weighted by atomic mass is 35.5. The monoisotopic (exact) mass is 273 g/mol. The molecule has 2 rings (SSSR count). The van der Waals surface area contributed by atoms with E-state index in [-0.39, 0.29) is 17.0 Å². The molecule has 0 saturated heterocycles. The third-order valence-electron chi connectivity index (χ3n) is 2.79. The molecule has 1 saturated carbocycles. The minimum Gasteiger partial charge on any atom is -0.207 e. The largest absolute Gasteiger partial charge is 0.243 e. The lowest BCUT2D eigenvalue weighted by Crippen LogP contribution is -2.38. The Morgan fingerprint density at radius 1 is 1.35 bits per heavy atom. The molecule has 1 aromatic rings. The fraction of sp³-hybridized carbons (Fsp3) is 0.500. The summed E-state index contributed by atoms with van der Waals surface area (Å²) in [7, 11) is -3.41. The summed E-state index contributed by atoms with van der Waals surface area (Å²) in [4.78, 5) is 0.283. The number of hydrogen-bond donors (Lipinski definition) is 0. The van der Waals surface area contributed by atoms with Gasteiger partial charge in [0.15, 0.2) is 0 Å². The molecule has 17 heavy (non-hydrogen) atoms. The van der Waals surface area contributed by atoms with Crippen molar-refractivity contribution < 1.29 is 8.42 Å². The lowest BCUT2D eigenvalue weighted by molar-refractivity contribution is 0.346. The Balaban J connectivity index is 2.40. The molecule has 0 aromatic heterocycles. The second kappa shape index (κ2) is 4.59. The van der Waals surface area contributed by atoms with Gasteiger partial charge in [-0.1, -0.05) is 17.7 Å². The lowest BCUT2D eigenvalue weighted by Gasteiger charge is -2.25. The number of nitrogens with zero attached hydrogens (tertiary/aromatic N) is 1. The van der Waals surface area contributed by atoms with Crippen LogP contribution in [0, 0.1) is 0 Å². The molecular weight excluding hydrogens is 258 g/mol. The highest BCUT2D eigenvalue weighted by molar-refractivity contribution is 7.89. The number of benzene rings is 1.